The summed E-state index contributed by atoms with van der Waals surface area (Å²) in [5.74, 6) is -0.00550. The molecule has 0 aromatic heterocycles. The predicted octanol–water partition coefficient (Wildman–Crippen LogP) is 1.92. The van der Waals surface area contributed by atoms with Gasteiger partial charge in [0.15, 0.2) is 5.50 Å². The largest absolute Gasteiger partial charge is 0.323 e. The van der Waals surface area contributed by atoms with E-state index >= 15 is 0 Å². The molecule has 0 saturated carbocycles. The Morgan fingerprint density at radius 3 is 3.07 bits per heavy atom. The van der Waals surface area contributed by atoms with Crippen molar-refractivity contribution < 1.29 is 4.79 Å². The predicted molar refractivity (Wildman–Crippen MR) is 60.5 cm³/mol. The number of allylic oxidation sites excluding steroid dienone is 1. The molecule has 4 heteroatoms. The smallest absolute Gasteiger partial charge is 0.247 e. The summed E-state index contributed by atoms with van der Waals surface area (Å²) in [5.41, 5.74) is 2.21. The summed E-state index contributed by atoms with van der Waals surface area (Å²) in [6, 6.07) is 8.20. The first-order valence-electron chi connectivity index (χ1n) is 4.79. The van der Waals surface area contributed by atoms with Gasteiger partial charge in [-0.3, -0.25) is 4.79 Å². The molecule has 76 valence electrons. The maximum absolute atomic E-state index is 11.3. The number of amides is 1. The molecule has 2 aliphatic heterocycles. The van der Waals surface area contributed by atoms with Gasteiger partial charge in [-0.2, -0.15) is 0 Å². The van der Waals surface area contributed by atoms with Gasteiger partial charge in [0, 0.05) is 16.7 Å². The Balaban J connectivity index is 2.11. The van der Waals surface area contributed by atoms with Crippen LogP contribution in [-0.4, -0.2) is 11.4 Å². The Bertz CT molecular complexity index is 469. The van der Waals surface area contributed by atoms with Gasteiger partial charge in [0.2, 0.25) is 5.91 Å². The number of carbonyl (C=O) groups is 1. The van der Waals surface area contributed by atoms with Gasteiger partial charge in [0.25, 0.3) is 0 Å². The molecule has 0 spiro atoms. The number of hydrogen-bond acceptors (Lipinski definition) is 3. The molecule has 2 heterocycles. The number of hydrogen-bond donors (Lipinski definition) is 1. The molecule has 1 aromatic rings. The Hall–Kier alpha value is -1.42. The van der Waals surface area contributed by atoms with E-state index in [4.69, 9.17) is 0 Å². The molecule has 1 aromatic carbocycles. The molecule has 1 atom stereocenters. The number of thioether (sulfide) groups is 1. The van der Waals surface area contributed by atoms with Gasteiger partial charge < -0.3 is 10.2 Å². The zero-order valence-electron chi connectivity index (χ0n) is 8.23. The van der Waals surface area contributed by atoms with E-state index in [9.17, 15) is 4.79 Å². The number of benzene rings is 1. The second kappa shape index (κ2) is 3.03. The third-order valence-electron chi connectivity index (χ3n) is 2.58. The van der Waals surface area contributed by atoms with Crippen LogP contribution in [0.2, 0.25) is 0 Å². The Morgan fingerprint density at radius 2 is 2.20 bits per heavy atom. The SMILES string of the molecule is CC1=CC(=O)NC2Sc3ccccc3N12. The van der Waals surface area contributed by atoms with Crippen molar-refractivity contribution in [3.8, 4) is 0 Å². The van der Waals surface area contributed by atoms with E-state index in [0.717, 1.165) is 5.70 Å². The van der Waals surface area contributed by atoms with Crippen molar-refractivity contribution in [2.45, 2.75) is 17.3 Å². The van der Waals surface area contributed by atoms with Crippen molar-refractivity contribution in [2.75, 3.05) is 4.90 Å². The second-order valence-corrected chi connectivity index (χ2v) is 4.72. The molecule has 1 amide bonds. The molecule has 0 radical (unpaired) electrons. The fourth-order valence-electron chi connectivity index (χ4n) is 1.95. The normalized spacial score (nSPS) is 23.0. The van der Waals surface area contributed by atoms with Crippen molar-refractivity contribution >= 4 is 23.4 Å². The standard InChI is InChI=1S/C11H10N2OS/c1-7-6-10(14)12-11-13(7)8-4-2-3-5-9(8)15-11/h2-6,11H,1H3,(H,12,14). The lowest BCUT2D eigenvalue weighted by atomic mass is 10.2. The summed E-state index contributed by atoms with van der Waals surface area (Å²) >= 11 is 1.68. The third-order valence-corrected chi connectivity index (χ3v) is 3.73. The van der Waals surface area contributed by atoms with Crippen LogP contribution >= 0.6 is 11.8 Å². The highest BCUT2D eigenvalue weighted by molar-refractivity contribution is 8.00. The van der Waals surface area contributed by atoms with E-state index in [0.29, 0.717) is 0 Å². The Kier molecular flexibility index (Phi) is 1.79. The minimum Gasteiger partial charge on any atom is -0.323 e. The lowest BCUT2D eigenvalue weighted by Crippen LogP contribution is -2.46. The summed E-state index contributed by atoms with van der Waals surface area (Å²) in [7, 11) is 0. The second-order valence-electron chi connectivity index (χ2n) is 3.60. The van der Waals surface area contributed by atoms with Crippen LogP contribution in [0.1, 0.15) is 6.92 Å². The highest BCUT2D eigenvalue weighted by Gasteiger charge is 2.34. The Morgan fingerprint density at radius 1 is 1.40 bits per heavy atom. The van der Waals surface area contributed by atoms with Crippen molar-refractivity contribution in [3.05, 3.63) is 36.0 Å². The highest BCUT2D eigenvalue weighted by atomic mass is 32.2. The lowest BCUT2D eigenvalue weighted by Gasteiger charge is -2.30. The fourth-order valence-corrected chi connectivity index (χ4v) is 3.19. The number of carbonyl (C=O) groups excluding carboxylic acids is 1. The van der Waals surface area contributed by atoms with Crippen molar-refractivity contribution in [2.24, 2.45) is 0 Å². The Labute approximate surface area is 92.1 Å². The first-order chi connectivity index (χ1) is 7.25. The monoisotopic (exact) mass is 218 g/mol. The molecule has 0 fully saturated rings. The van der Waals surface area contributed by atoms with Crippen LogP contribution in [0.3, 0.4) is 0 Å². The summed E-state index contributed by atoms with van der Waals surface area (Å²) in [6.45, 7) is 1.97. The summed E-state index contributed by atoms with van der Waals surface area (Å²) in [4.78, 5) is 14.7. The zero-order valence-corrected chi connectivity index (χ0v) is 9.04. The average molecular weight is 218 g/mol. The van der Waals surface area contributed by atoms with Gasteiger partial charge in [-0.1, -0.05) is 23.9 Å². The maximum atomic E-state index is 11.3. The molecule has 15 heavy (non-hydrogen) atoms. The molecule has 1 unspecified atom stereocenters. The van der Waals surface area contributed by atoms with Crippen molar-refractivity contribution in [1.82, 2.24) is 5.32 Å². The van der Waals surface area contributed by atoms with Gasteiger partial charge in [-0.15, -0.1) is 0 Å². The quantitative estimate of drug-likeness (QED) is 0.722. The van der Waals surface area contributed by atoms with E-state index < -0.39 is 0 Å². The third kappa shape index (κ3) is 1.25. The van der Waals surface area contributed by atoms with Gasteiger partial charge in [-0.05, 0) is 19.1 Å². The van der Waals surface area contributed by atoms with Crippen LogP contribution in [-0.2, 0) is 4.79 Å². The topological polar surface area (TPSA) is 32.3 Å². The van der Waals surface area contributed by atoms with Gasteiger partial charge in [0.1, 0.15) is 0 Å². The van der Waals surface area contributed by atoms with Gasteiger partial charge in [-0.25, -0.2) is 0 Å². The van der Waals surface area contributed by atoms with Crippen LogP contribution in [0.25, 0.3) is 0 Å². The number of fused-ring (bicyclic) bond motifs is 3. The first kappa shape index (κ1) is 8.85. The minimum absolute atomic E-state index is 0.00550. The zero-order chi connectivity index (χ0) is 10.4. The van der Waals surface area contributed by atoms with E-state index in [-0.39, 0.29) is 11.4 Å². The van der Waals surface area contributed by atoms with Crippen LogP contribution < -0.4 is 10.2 Å². The van der Waals surface area contributed by atoms with Crippen molar-refractivity contribution in [3.63, 3.8) is 0 Å². The molecule has 2 aliphatic rings. The molecule has 0 bridgehead atoms. The molecule has 0 saturated heterocycles. The maximum Gasteiger partial charge on any atom is 0.247 e. The molecule has 3 nitrogen and oxygen atoms in total. The van der Waals surface area contributed by atoms with E-state index in [1.165, 1.54) is 10.6 Å². The molecule has 0 aliphatic carbocycles. The van der Waals surface area contributed by atoms with Gasteiger partial charge >= 0.3 is 0 Å². The van der Waals surface area contributed by atoms with E-state index in [2.05, 4.69) is 22.3 Å². The number of anilines is 1. The fraction of sp³-hybridized carbons (Fsp3) is 0.182. The number of para-hydroxylation sites is 1. The van der Waals surface area contributed by atoms with Crippen LogP contribution in [0.15, 0.2) is 40.9 Å². The van der Waals surface area contributed by atoms with Gasteiger partial charge in [0.05, 0.1) is 5.69 Å². The molecule has 1 N–H and O–H groups in total. The molecular formula is C11H10N2OS. The number of nitrogens with zero attached hydrogens (tertiary/aromatic N) is 1. The first-order valence-corrected chi connectivity index (χ1v) is 5.67. The summed E-state index contributed by atoms with van der Waals surface area (Å²) in [5, 5.41) is 2.93. The number of nitrogens with one attached hydrogen (secondary N) is 1. The summed E-state index contributed by atoms with van der Waals surface area (Å²) in [6.07, 6.45) is 1.64. The van der Waals surface area contributed by atoms with Crippen LogP contribution in [0.5, 0.6) is 0 Å². The van der Waals surface area contributed by atoms with Crippen LogP contribution in [0.4, 0.5) is 5.69 Å². The molecular weight excluding hydrogens is 208 g/mol. The highest BCUT2D eigenvalue weighted by Crippen LogP contribution is 2.44. The number of rotatable bonds is 0. The lowest BCUT2D eigenvalue weighted by molar-refractivity contribution is -0.117. The van der Waals surface area contributed by atoms with Crippen LogP contribution in [0, 0.1) is 0 Å². The average Bonchev–Trinajstić information content (AvgIpc) is 2.54. The summed E-state index contributed by atoms with van der Waals surface area (Å²) < 4.78 is 0. The van der Waals surface area contributed by atoms with E-state index in [1.807, 2.05) is 19.1 Å². The van der Waals surface area contributed by atoms with E-state index in [1.54, 1.807) is 17.8 Å². The minimum atomic E-state index is -0.00550. The van der Waals surface area contributed by atoms with Crippen molar-refractivity contribution in [1.29, 1.82) is 0 Å². The molecule has 3 rings (SSSR count).